The molecule has 1 heterocycles. The number of aliphatic hydroxyl groups excluding tert-OH is 1. The first kappa shape index (κ1) is 23.8. The lowest BCUT2D eigenvalue weighted by atomic mass is 9.95. The highest BCUT2D eigenvalue weighted by Crippen LogP contribution is 2.38. The standard InChI is InChI=1S/C26H27NO6/c1-33-20-14-12-19(13-15-20)24-23(21(28)16-11-18-8-4-2-5-9-18)25(31)26(32)27(24)17-7-3-6-10-22(29)30/h2,4-5,8-9,11-16,24,31H,3,6-7,10,17H2,1H3,(H,29,30). The maximum Gasteiger partial charge on any atom is 0.303 e. The monoisotopic (exact) mass is 449 g/mol. The molecule has 0 saturated carbocycles. The third-order valence-electron chi connectivity index (χ3n) is 5.52. The van der Waals surface area contributed by atoms with Crippen LogP contribution in [0, 0.1) is 0 Å². The molecule has 0 radical (unpaired) electrons. The number of allylic oxidation sites excluding steroid dienone is 1. The van der Waals surface area contributed by atoms with Crippen LogP contribution in [-0.2, 0) is 14.4 Å². The molecule has 1 amide bonds. The molecule has 172 valence electrons. The third-order valence-corrected chi connectivity index (χ3v) is 5.52. The Morgan fingerprint density at radius 1 is 1.03 bits per heavy atom. The lowest BCUT2D eigenvalue weighted by Gasteiger charge is -2.26. The minimum atomic E-state index is -0.860. The number of hydrogen-bond donors (Lipinski definition) is 2. The van der Waals surface area contributed by atoms with Gasteiger partial charge in [0.1, 0.15) is 5.75 Å². The fourth-order valence-corrected chi connectivity index (χ4v) is 3.83. The van der Waals surface area contributed by atoms with Crippen LogP contribution >= 0.6 is 0 Å². The fraction of sp³-hybridized carbons (Fsp3) is 0.269. The predicted octanol–water partition coefficient (Wildman–Crippen LogP) is 4.32. The van der Waals surface area contributed by atoms with E-state index in [9.17, 15) is 19.5 Å². The Morgan fingerprint density at radius 2 is 1.73 bits per heavy atom. The molecule has 2 aromatic rings. The number of carbonyl (C=O) groups excluding carboxylic acids is 2. The summed E-state index contributed by atoms with van der Waals surface area (Å²) in [6.45, 7) is 0.290. The molecule has 0 aromatic heterocycles. The van der Waals surface area contributed by atoms with E-state index < -0.39 is 29.5 Å². The van der Waals surface area contributed by atoms with Crippen LogP contribution in [0.2, 0.25) is 0 Å². The van der Waals surface area contributed by atoms with Crippen LogP contribution in [0.25, 0.3) is 6.08 Å². The van der Waals surface area contributed by atoms with Crippen LogP contribution in [0.1, 0.15) is 42.9 Å². The van der Waals surface area contributed by atoms with E-state index in [4.69, 9.17) is 9.84 Å². The van der Waals surface area contributed by atoms with Gasteiger partial charge in [0, 0.05) is 13.0 Å². The molecular formula is C26H27NO6. The first-order valence-corrected chi connectivity index (χ1v) is 10.8. The molecule has 7 nitrogen and oxygen atoms in total. The number of aliphatic hydroxyl groups is 1. The summed E-state index contributed by atoms with van der Waals surface area (Å²) in [5.41, 5.74) is 1.53. The number of carboxylic acids is 1. The van der Waals surface area contributed by atoms with Gasteiger partial charge < -0.3 is 19.8 Å². The number of methoxy groups -OCH3 is 1. The van der Waals surface area contributed by atoms with Crippen LogP contribution in [0.15, 0.2) is 72.0 Å². The largest absolute Gasteiger partial charge is 0.503 e. The summed E-state index contributed by atoms with van der Waals surface area (Å²) in [5.74, 6) is -1.83. The minimum absolute atomic E-state index is 0.0304. The van der Waals surface area contributed by atoms with Crippen LogP contribution < -0.4 is 4.74 Å². The average molecular weight is 450 g/mol. The highest BCUT2D eigenvalue weighted by atomic mass is 16.5. The van der Waals surface area contributed by atoms with E-state index in [1.165, 1.54) is 11.0 Å². The molecule has 7 heteroatoms. The van der Waals surface area contributed by atoms with Gasteiger partial charge in [0.05, 0.1) is 18.7 Å². The summed E-state index contributed by atoms with van der Waals surface area (Å²) in [6.07, 6.45) is 4.74. The molecule has 0 spiro atoms. The molecule has 0 aliphatic carbocycles. The van der Waals surface area contributed by atoms with Crippen molar-refractivity contribution in [3.63, 3.8) is 0 Å². The topological polar surface area (TPSA) is 104 Å². The number of unbranched alkanes of at least 4 members (excludes halogenated alkanes) is 2. The highest BCUT2D eigenvalue weighted by molar-refractivity contribution is 6.14. The lowest BCUT2D eigenvalue weighted by molar-refractivity contribution is -0.137. The van der Waals surface area contributed by atoms with Gasteiger partial charge in [-0.3, -0.25) is 14.4 Å². The molecule has 2 N–H and O–H groups in total. The highest BCUT2D eigenvalue weighted by Gasteiger charge is 2.42. The number of ketones is 1. The van der Waals surface area contributed by atoms with Crippen LogP contribution in [-0.4, -0.2) is 46.4 Å². The molecule has 0 fully saturated rings. The van der Waals surface area contributed by atoms with Crippen LogP contribution in [0.3, 0.4) is 0 Å². The molecule has 1 atom stereocenters. The summed E-state index contributed by atoms with van der Waals surface area (Å²) < 4.78 is 5.21. The van der Waals surface area contributed by atoms with Crippen LogP contribution in [0.4, 0.5) is 0 Å². The quantitative estimate of drug-likeness (QED) is 0.391. The molecule has 1 aliphatic heterocycles. The van der Waals surface area contributed by atoms with Crippen molar-refractivity contribution in [2.75, 3.05) is 13.7 Å². The van der Waals surface area contributed by atoms with E-state index in [1.807, 2.05) is 30.3 Å². The smallest absolute Gasteiger partial charge is 0.303 e. The van der Waals surface area contributed by atoms with Crippen molar-refractivity contribution in [1.29, 1.82) is 0 Å². The number of carboxylic acid groups (broad SMARTS) is 1. The minimum Gasteiger partial charge on any atom is -0.503 e. The van der Waals surface area contributed by atoms with E-state index in [-0.39, 0.29) is 12.0 Å². The normalized spacial score (nSPS) is 16.0. The summed E-state index contributed by atoms with van der Waals surface area (Å²) in [4.78, 5) is 38.2. The van der Waals surface area contributed by atoms with Crippen molar-refractivity contribution in [2.45, 2.75) is 31.7 Å². The van der Waals surface area contributed by atoms with Gasteiger partial charge in [0.15, 0.2) is 11.5 Å². The number of carbonyl (C=O) groups is 3. The average Bonchev–Trinajstić information content (AvgIpc) is 3.08. The molecule has 2 aromatic carbocycles. The van der Waals surface area contributed by atoms with Gasteiger partial charge in [0.2, 0.25) is 0 Å². The Morgan fingerprint density at radius 3 is 2.36 bits per heavy atom. The van der Waals surface area contributed by atoms with E-state index >= 15 is 0 Å². The van der Waals surface area contributed by atoms with E-state index in [0.717, 1.165) is 5.56 Å². The molecule has 0 saturated heterocycles. The number of aliphatic carboxylic acids is 1. The fourth-order valence-electron chi connectivity index (χ4n) is 3.83. The van der Waals surface area contributed by atoms with E-state index in [0.29, 0.717) is 37.1 Å². The summed E-state index contributed by atoms with van der Waals surface area (Å²) >= 11 is 0. The second kappa shape index (κ2) is 11.1. The molecule has 33 heavy (non-hydrogen) atoms. The zero-order valence-corrected chi connectivity index (χ0v) is 18.4. The van der Waals surface area contributed by atoms with Gasteiger partial charge >= 0.3 is 5.97 Å². The SMILES string of the molecule is COc1ccc(C2C(C(=O)C=Cc3ccccc3)=C(O)C(=O)N2CCCCCC(=O)O)cc1. The zero-order valence-electron chi connectivity index (χ0n) is 18.4. The molecular weight excluding hydrogens is 422 g/mol. The van der Waals surface area contributed by atoms with Gasteiger partial charge in [-0.25, -0.2) is 0 Å². The van der Waals surface area contributed by atoms with Crippen molar-refractivity contribution >= 4 is 23.7 Å². The lowest BCUT2D eigenvalue weighted by Crippen LogP contribution is -2.32. The van der Waals surface area contributed by atoms with E-state index in [1.54, 1.807) is 37.5 Å². The number of hydrogen-bond acceptors (Lipinski definition) is 5. The van der Waals surface area contributed by atoms with Gasteiger partial charge in [-0.1, -0.05) is 55.0 Å². The van der Waals surface area contributed by atoms with Gasteiger partial charge in [-0.05, 0) is 42.2 Å². The number of nitrogens with zero attached hydrogens (tertiary/aromatic N) is 1. The van der Waals surface area contributed by atoms with E-state index in [2.05, 4.69) is 0 Å². The van der Waals surface area contributed by atoms with Gasteiger partial charge in [-0.15, -0.1) is 0 Å². The molecule has 0 bridgehead atoms. The summed E-state index contributed by atoms with van der Waals surface area (Å²) in [7, 11) is 1.55. The Kier molecular flexibility index (Phi) is 8.02. The number of amides is 1. The van der Waals surface area contributed by atoms with Crippen molar-refractivity contribution in [3.05, 3.63) is 83.1 Å². The summed E-state index contributed by atoms with van der Waals surface area (Å²) in [6, 6.07) is 15.5. The second-order valence-electron chi connectivity index (χ2n) is 7.75. The van der Waals surface area contributed by atoms with Crippen LogP contribution in [0.5, 0.6) is 5.75 Å². The Labute approximate surface area is 192 Å². The molecule has 1 unspecified atom stereocenters. The number of rotatable bonds is 11. The summed E-state index contributed by atoms with van der Waals surface area (Å²) in [5, 5.41) is 19.4. The first-order valence-electron chi connectivity index (χ1n) is 10.8. The van der Waals surface area contributed by atoms with Gasteiger partial charge in [0.25, 0.3) is 5.91 Å². The Balaban J connectivity index is 1.86. The Hall–Kier alpha value is -3.87. The molecule has 1 aliphatic rings. The zero-order chi connectivity index (χ0) is 23.8. The Bertz CT molecular complexity index is 1060. The first-order chi connectivity index (χ1) is 15.9. The number of benzene rings is 2. The van der Waals surface area contributed by atoms with Crippen molar-refractivity contribution in [3.8, 4) is 5.75 Å². The van der Waals surface area contributed by atoms with Gasteiger partial charge in [-0.2, -0.15) is 0 Å². The molecule has 3 rings (SSSR count). The maximum absolute atomic E-state index is 13.1. The predicted molar refractivity (Wildman–Crippen MR) is 124 cm³/mol. The van der Waals surface area contributed by atoms with Crippen molar-refractivity contribution in [2.24, 2.45) is 0 Å². The van der Waals surface area contributed by atoms with Crippen molar-refractivity contribution in [1.82, 2.24) is 4.90 Å². The third kappa shape index (κ3) is 5.88. The second-order valence-corrected chi connectivity index (χ2v) is 7.75. The van der Waals surface area contributed by atoms with Crippen molar-refractivity contribution < 1.29 is 29.3 Å². The number of ether oxygens (including phenoxy) is 1. The maximum atomic E-state index is 13.1.